The second-order valence-electron chi connectivity index (χ2n) is 6.51. The Labute approximate surface area is 138 Å². The molecule has 1 N–H and O–H groups in total. The van der Waals surface area contributed by atoms with Gasteiger partial charge in [0.1, 0.15) is 0 Å². The Kier molecular flexibility index (Phi) is 4.52. The van der Waals surface area contributed by atoms with Gasteiger partial charge in [0.05, 0.1) is 12.0 Å². The zero-order valence-corrected chi connectivity index (χ0v) is 14.7. The zero-order valence-electron chi connectivity index (χ0n) is 13.1. The number of sulfonamides is 2. The summed E-state index contributed by atoms with van der Waals surface area (Å²) in [6, 6.07) is 8.72. The van der Waals surface area contributed by atoms with Crippen molar-refractivity contribution in [2.75, 3.05) is 6.26 Å². The molecule has 0 amide bonds. The van der Waals surface area contributed by atoms with E-state index in [0.29, 0.717) is 12.8 Å². The Morgan fingerprint density at radius 2 is 1.61 bits per heavy atom. The van der Waals surface area contributed by atoms with Gasteiger partial charge in [-0.05, 0) is 31.2 Å². The number of piperidine rings is 1. The number of benzene rings is 1. The van der Waals surface area contributed by atoms with E-state index < -0.39 is 20.0 Å². The van der Waals surface area contributed by atoms with Crippen molar-refractivity contribution in [2.24, 2.45) is 0 Å². The smallest absolute Gasteiger partial charge is 0.212 e. The molecule has 8 heteroatoms. The molecule has 6 nitrogen and oxygen atoms in total. The molecule has 0 spiro atoms. The number of nitrogens with zero attached hydrogens (tertiary/aromatic N) is 1. The third kappa shape index (κ3) is 3.93. The minimum atomic E-state index is -3.42. The number of rotatable bonds is 5. The summed E-state index contributed by atoms with van der Waals surface area (Å²) in [5.41, 5.74) is 0.747. The molecule has 2 heterocycles. The first-order valence-corrected chi connectivity index (χ1v) is 11.3. The van der Waals surface area contributed by atoms with E-state index in [2.05, 4.69) is 4.72 Å². The molecule has 2 bridgehead atoms. The first kappa shape index (κ1) is 16.9. The molecule has 0 saturated carbocycles. The summed E-state index contributed by atoms with van der Waals surface area (Å²) in [6.45, 7) is 0. The standard InChI is InChI=1S/C15H22N2O4S2/c1-22(18,19)17-14-7-8-15(17)10-13(9-14)16-23(20,21)11-12-5-3-2-4-6-12/h2-6,13-16H,7-11H2,1H3. The highest BCUT2D eigenvalue weighted by molar-refractivity contribution is 7.88. The fourth-order valence-electron chi connectivity index (χ4n) is 3.86. The van der Waals surface area contributed by atoms with Crippen LogP contribution >= 0.6 is 0 Å². The summed E-state index contributed by atoms with van der Waals surface area (Å²) in [5, 5.41) is 0. The van der Waals surface area contributed by atoms with Crippen molar-refractivity contribution in [1.29, 1.82) is 0 Å². The number of fused-ring (bicyclic) bond motifs is 2. The van der Waals surface area contributed by atoms with E-state index in [1.807, 2.05) is 18.2 Å². The number of nitrogens with one attached hydrogen (secondary N) is 1. The van der Waals surface area contributed by atoms with Crippen molar-refractivity contribution in [3.05, 3.63) is 35.9 Å². The van der Waals surface area contributed by atoms with E-state index in [-0.39, 0.29) is 23.9 Å². The van der Waals surface area contributed by atoms with E-state index >= 15 is 0 Å². The molecule has 1 aromatic carbocycles. The van der Waals surface area contributed by atoms with Crippen LogP contribution in [0.1, 0.15) is 31.2 Å². The quantitative estimate of drug-likeness (QED) is 0.853. The lowest BCUT2D eigenvalue weighted by Gasteiger charge is -2.37. The average molecular weight is 358 g/mol. The van der Waals surface area contributed by atoms with Crippen LogP contribution in [-0.2, 0) is 25.8 Å². The van der Waals surface area contributed by atoms with Crippen molar-refractivity contribution in [3.8, 4) is 0 Å². The lowest BCUT2D eigenvalue weighted by atomic mass is 10.0. The first-order chi connectivity index (χ1) is 10.7. The van der Waals surface area contributed by atoms with Gasteiger partial charge in [0.15, 0.2) is 0 Å². The topological polar surface area (TPSA) is 83.6 Å². The van der Waals surface area contributed by atoms with Crippen molar-refractivity contribution < 1.29 is 16.8 Å². The average Bonchev–Trinajstić information content (AvgIpc) is 2.72. The molecule has 0 aromatic heterocycles. The van der Waals surface area contributed by atoms with E-state index in [1.54, 1.807) is 16.4 Å². The van der Waals surface area contributed by atoms with Crippen LogP contribution in [0.2, 0.25) is 0 Å². The maximum atomic E-state index is 12.3. The molecule has 2 aliphatic rings. The molecule has 2 fully saturated rings. The van der Waals surface area contributed by atoms with Crippen molar-refractivity contribution in [1.82, 2.24) is 9.03 Å². The van der Waals surface area contributed by atoms with E-state index in [0.717, 1.165) is 18.4 Å². The Bertz CT molecular complexity index is 748. The van der Waals surface area contributed by atoms with Gasteiger partial charge in [-0.1, -0.05) is 30.3 Å². The molecule has 2 unspecified atom stereocenters. The summed E-state index contributed by atoms with van der Waals surface area (Å²) in [4.78, 5) is 0. The number of hydrogen-bond donors (Lipinski definition) is 1. The fourth-order valence-corrected chi connectivity index (χ4v) is 6.74. The third-order valence-electron chi connectivity index (χ3n) is 4.59. The highest BCUT2D eigenvalue weighted by atomic mass is 32.2. The predicted octanol–water partition coefficient (Wildman–Crippen LogP) is 1.06. The van der Waals surface area contributed by atoms with Crippen LogP contribution in [0.3, 0.4) is 0 Å². The van der Waals surface area contributed by atoms with Crippen LogP contribution in [0.4, 0.5) is 0 Å². The second kappa shape index (κ2) is 6.16. The highest BCUT2D eigenvalue weighted by Crippen LogP contribution is 2.37. The van der Waals surface area contributed by atoms with Gasteiger partial charge in [-0.25, -0.2) is 21.6 Å². The third-order valence-corrected chi connectivity index (χ3v) is 7.36. The second-order valence-corrected chi connectivity index (χ2v) is 10.2. The van der Waals surface area contributed by atoms with Gasteiger partial charge in [-0.3, -0.25) is 0 Å². The Hall–Kier alpha value is -0.960. The van der Waals surface area contributed by atoms with Crippen LogP contribution < -0.4 is 4.72 Å². The van der Waals surface area contributed by atoms with Gasteiger partial charge < -0.3 is 0 Å². The Balaban J connectivity index is 1.66. The molecule has 23 heavy (non-hydrogen) atoms. The van der Waals surface area contributed by atoms with Gasteiger partial charge >= 0.3 is 0 Å². The lowest BCUT2D eigenvalue weighted by molar-refractivity contribution is 0.221. The minimum Gasteiger partial charge on any atom is -0.212 e. The molecular formula is C15H22N2O4S2. The van der Waals surface area contributed by atoms with Crippen LogP contribution in [0.15, 0.2) is 30.3 Å². The molecule has 2 saturated heterocycles. The minimum absolute atomic E-state index is 0.0462. The van der Waals surface area contributed by atoms with Crippen molar-refractivity contribution in [2.45, 2.75) is 49.6 Å². The number of hydrogen-bond acceptors (Lipinski definition) is 4. The lowest BCUT2D eigenvalue weighted by Crippen LogP contribution is -2.52. The fraction of sp³-hybridized carbons (Fsp3) is 0.600. The summed E-state index contributed by atoms with van der Waals surface area (Å²) in [6.07, 6.45) is 3.97. The van der Waals surface area contributed by atoms with E-state index in [4.69, 9.17) is 0 Å². The van der Waals surface area contributed by atoms with Gasteiger partial charge in [0.25, 0.3) is 0 Å². The normalized spacial score (nSPS) is 28.8. The highest BCUT2D eigenvalue weighted by Gasteiger charge is 2.45. The van der Waals surface area contributed by atoms with Crippen molar-refractivity contribution in [3.63, 3.8) is 0 Å². The Morgan fingerprint density at radius 1 is 1.04 bits per heavy atom. The summed E-state index contributed by atoms with van der Waals surface area (Å²) in [7, 11) is -6.65. The van der Waals surface area contributed by atoms with Gasteiger partial charge in [-0.15, -0.1) is 0 Å². The van der Waals surface area contributed by atoms with Gasteiger partial charge in [-0.2, -0.15) is 4.31 Å². The first-order valence-electron chi connectivity index (χ1n) is 7.77. The molecule has 2 aliphatic heterocycles. The summed E-state index contributed by atoms with van der Waals surface area (Å²) >= 11 is 0. The molecular weight excluding hydrogens is 336 g/mol. The van der Waals surface area contributed by atoms with Crippen LogP contribution in [0.5, 0.6) is 0 Å². The maximum absolute atomic E-state index is 12.3. The molecule has 128 valence electrons. The Morgan fingerprint density at radius 3 is 2.13 bits per heavy atom. The molecule has 0 aliphatic carbocycles. The van der Waals surface area contributed by atoms with E-state index in [1.165, 1.54) is 6.26 Å². The zero-order chi connectivity index (χ0) is 16.7. The van der Waals surface area contributed by atoms with Gasteiger partial charge in [0, 0.05) is 18.1 Å². The van der Waals surface area contributed by atoms with Crippen LogP contribution in [0.25, 0.3) is 0 Å². The van der Waals surface area contributed by atoms with Gasteiger partial charge in [0.2, 0.25) is 20.0 Å². The largest absolute Gasteiger partial charge is 0.216 e. The summed E-state index contributed by atoms with van der Waals surface area (Å²) < 4.78 is 52.8. The van der Waals surface area contributed by atoms with E-state index in [9.17, 15) is 16.8 Å². The SMILES string of the molecule is CS(=O)(=O)N1C2CCC1CC(NS(=O)(=O)Cc1ccccc1)C2. The summed E-state index contributed by atoms with van der Waals surface area (Å²) in [5.74, 6) is -0.0462. The molecule has 1 aromatic rings. The maximum Gasteiger partial charge on any atom is 0.216 e. The molecule has 0 radical (unpaired) electrons. The predicted molar refractivity (Wildman–Crippen MR) is 88.7 cm³/mol. The monoisotopic (exact) mass is 358 g/mol. The molecule has 3 rings (SSSR count). The molecule has 2 atom stereocenters. The van der Waals surface area contributed by atoms with Crippen LogP contribution in [-0.4, -0.2) is 45.5 Å². The van der Waals surface area contributed by atoms with Crippen molar-refractivity contribution >= 4 is 20.0 Å². The van der Waals surface area contributed by atoms with Crippen LogP contribution in [0, 0.1) is 0 Å².